The molecule has 15 heteroatoms. The highest BCUT2D eigenvalue weighted by molar-refractivity contribution is 5.69. The van der Waals surface area contributed by atoms with Gasteiger partial charge < -0.3 is 61.6 Å². The quantitative estimate of drug-likeness (QED) is 0.0661. The molecule has 51 heavy (non-hydrogen) atoms. The highest BCUT2D eigenvalue weighted by Crippen LogP contribution is 2.08. The molecule has 0 atom stereocenters. The second-order valence-electron chi connectivity index (χ2n) is 11.2. The molecule has 15 nitrogen and oxygen atoms in total. The van der Waals surface area contributed by atoms with E-state index < -0.39 is 0 Å². The van der Waals surface area contributed by atoms with Crippen LogP contribution in [0.15, 0.2) is 0 Å². The maximum atomic E-state index is 11.7. The van der Waals surface area contributed by atoms with Gasteiger partial charge in [-0.05, 0) is 6.42 Å². The summed E-state index contributed by atoms with van der Waals surface area (Å²) in [5, 5.41) is 0. The van der Waals surface area contributed by atoms with Crippen molar-refractivity contribution in [2.45, 2.75) is 65.2 Å². The Morgan fingerprint density at radius 2 is 0.549 bits per heavy atom. The predicted octanol–water partition coefficient (Wildman–Crippen LogP) is 3.42. The molecule has 0 unspecified atom stereocenters. The van der Waals surface area contributed by atoms with Crippen LogP contribution in [0.3, 0.4) is 0 Å². The Balaban J connectivity index is 3.10. The average molecular weight is 743 g/mol. The largest absolute Gasteiger partial charge is 0.463 e. The van der Waals surface area contributed by atoms with Crippen LogP contribution in [0.1, 0.15) is 65.2 Å². The summed E-state index contributed by atoms with van der Waals surface area (Å²) in [6, 6.07) is 0. The third kappa shape index (κ3) is 46.5. The smallest absolute Gasteiger partial charge is 0.305 e. The van der Waals surface area contributed by atoms with Crippen molar-refractivity contribution in [1.82, 2.24) is 0 Å². The van der Waals surface area contributed by atoms with E-state index in [1.165, 1.54) is 39.0 Å². The third-order valence-corrected chi connectivity index (χ3v) is 6.73. The molecule has 0 radical (unpaired) electrons. The van der Waals surface area contributed by atoms with Crippen molar-refractivity contribution in [2.24, 2.45) is 0 Å². The van der Waals surface area contributed by atoms with Crippen LogP contribution in [-0.2, 0) is 71.2 Å². The van der Waals surface area contributed by atoms with Crippen LogP contribution in [0.5, 0.6) is 0 Å². The maximum Gasteiger partial charge on any atom is 0.305 e. The van der Waals surface area contributed by atoms with E-state index in [1.807, 2.05) is 0 Å². The summed E-state index contributed by atoms with van der Waals surface area (Å²) in [5.41, 5.74) is 0. The Labute approximate surface area is 306 Å². The second kappa shape index (κ2) is 44.7. The molecule has 0 bridgehead atoms. The van der Waals surface area contributed by atoms with E-state index in [4.69, 9.17) is 61.6 Å². The van der Waals surface area contributed by atoms with Gasteiger partial charge in [-0.3, -0.25) is 9.59 Å². The number of unbranched alkanes of at least 4 members (excludes halogenated alkanes) is 6. The van der Waals surface area contributed by atoms with Crippen LogP contribution >= 0.6 is 0 Å². The predicted molar refractivity (Wildman–Crippen MR) is 189 cm³/mol. The van der Waals surface area contributed by atoms with Crippen LogP contribution in [0.25, 0.3) is 0 Å². The van der Waals surface area contributed by atoms with Gasteiger partial charge >= 0.3 is 11.9 Å². The SMILES string of the molecule is CCCCCCCCCC(=O)OCCOCCOCCOCCOCCOCCOCCOCCOCCOCCOCCOCCOC(C)=O. The molecule has 0 amide bonds. The van der Waals surface area contributed by atoms with Gasteiger partial charge in [0.1, 0.15) is 13.2 Å². The van der Waals surface area contributed by atoms with E-state index in [9.17, 15) is 9.59 Å². The first-order valence-corrected chi connectivity index (χ1v) is 18.8. The summed E-state index contributed by atoms with van der Waals surface area (Å²) < 4.78 is 69.7. The molecular weight excluding hydrogens is 672 g/mol. The van der Waals surface area contributed by atoms with Gasteiger partial charge in [0.15, 0.2) is 0 Å². The normalized spacial score (nSPS) is 11.3. The molecule has 0 rings (SSSR count). The molecule has 0 aliphatic carbocycles. The van der Waals surface area contributed by atoms with Crippen molar-refractivity contribution < 1.29 is 71.2 Å². The molecule has 0 N–H and O–H groups in total. The van der Waals surface area contributed by atoms with E-state index in [0.29, 0.717) is 152 Å². The van der Waals surface area contributed by atoms with Gasteiger partial charge in [0, 0.05) is 13.3 Å². The molecule has 0 fully saturated rings. The van der Waals surface area contributed by atoms with Gasteiger partial charge in [0.25, 0.3) is 0 Å². The molecule has 0 aromatic carbocycles. The van der Waals surface area contributed by atoms with E-state index in [0.717, 1.165) is 12.8 Å². The second-order valence-corrected chi connectivity index (χ2v) is 11.2. The number of rotatable bonds is 44. The minimum Gasteiger partial charge on any atom is -0.463 e. The van der Waals surface area contributed by atoms with Crippen molar-refractivity contribution in [1.29, 1.82) is 0 Å². The summed E-state index contributed by atoms with van der Waals surface area (Å²) in [6.45, 7) is 14.5. The minimum absolute atomic E-state index is 0.144. The van der Waals surface area contributed by atoms with E-state index in [2.05, 4.69) is 6.92 Å². The molecule has 0 aliphatic rings. The highest BCUT2D eigenvalue weighted by Gasteiger charge is 2.03. The van der Waals surface area contributed by atoms with Crippen LogP contribution in [-0.4, -0.2) is 171 Å². The maximum absolute atomic E-state index is 11.7. The van der Waals surface area contributed by atoms with E-state index in [-0.39, 0.29) is 25.2 Å². The molecule has 0 saturated carbocycles. The van der Waals surface area contributed by atoms with Crippen molar-refractivity contribution in [3.63, 3.8) is 0 Å². The summed E-state index contributed by atoms with van der Waals surface area (Å²) in [5.74, 6) is -0.458. The fourth-order valence-corrected chi connectivity index (χ4v) is 4.06. The van der Waals surface area contributed by atoms with Gasteiger partial charge in [0.2, 0.25) is 0 Å². The van der Waals surface area contributed by atoms with Crippen molar-refractivity contribution in [3.05, 3.63) is 0 Å². The Kier molecular flexibility index (Phi) is 43.3. The van der Waals surface area contributed by atoms with Crippen LogP contribution in [0.2, 0.25) is 0 Å². The number of hydrogen-bond acceptors (Lipinski definition) is 15. The van der Waals surface area contributed by atoms with E-state index in [1.54, 1.807) is 0 Å². The fraction of sp³-hybridized carbons (Fsp3) is 0.944. The lowest BCUT2D eigenvalue weighted by atomic mass is 10.1. The van der Waals surface area contributed by atoms with Crippen LogP contribution < -0.4 is 0 Å². The number of carbonyl (C=O) groups excluding carboxylic acids is 2. The van der Waals surface area contributed by atoms with Gasteiger partial charge in [-0.25, -0.2) is 0 Å². The number of hydrogen-bond donors (Lipinski definition) is 0. The zero-order chi connectivity index (χ0) is 37.0. The highest BCUT2D eigenvalue weighted by atomic mass is 16.6. The Morgan fingerprint density at radius 1 is 0.314 bits per heavy atom. The van der Waals surface area contributed by atoms with Crippen LogP contribution in [0.4, 0.5) is 0 Å². The van der Waals surface area contributed by atoms with Crippen LogP contribution in [0, 0.1) is 0 Å². The Bertz CT molecular complexity index is 702. The molecule has 304 valence electrons. The Morgan fingerprint density at radius 3 is 0.824 bits per heavy atom. The van der Waals surface area contributed by atoms with Gasteiger partial charge in [-0.2, -0.15) is 0 Å². The molecule has 0 aliphatic heterocycles. The summed E-state index contributed by atoms with van der Waals surface area (Å²) in [7, 11) is 0. The van der Waals surface area contributed by atoms with Gasteiger partial charge in [-0.1, -0.05) is 45.4 Å². The first-order chi connectivity index (χ1) is 25.2. The summed E-state index contributed by atoms with van der Waals surface area (Å²) in [4.78, 5) is 22.3. The fourth-order valence-electron chi connectivity index (χ4n) is 4.06. The van der Waals surface area contributed by atoms with Gasteiger partial charge in [0.05, 0.1) is 145 Å². The lowest BCUT2D eigenvalue weighted by Crippen LogP contribution is -2.16. The third-order valence-electron chi connectivity index (χ3n) is 6.73. The van der Waals surface area contributed by atoms with E-state index >= 15 is 0 Å². The molecule has 0 saturated heterocycles. The number of ether oxygens (including phenoxy) is 13. The molecular formula is C36H70O15. The number of esters is 2. The van der Waals surface area contributed by atoms with Gasteiger partial charge in [-0.15, -0.1) is 0 Å². The lowest BCUT2D eigenvalue weighted by Gasteiger charge is -2.09. The van der Waals surface area contributed by atoms with Crippen molar-refractivity contribution >= 4 is 11.9 Å². The van der Waals surface area contributed by atoms with Crippen molar-refractivity contribution in [2.75, 3.05) is 159 Å². The number of carbonyl (C=O) groups is 2. The lowest BCUT2D eigenvalue weighted by molar-refractivity contribution is -0.145. The zero-order valence-corrected chi connectivity index (χ0v) is 31.8. The topological polar surface area (TPSA) is 154 Å². The molecule has 0 aromatic rings. The molecule has 0 spiro atoms. The first kappa shape index (κ1) is 49.5. The Hall–Kier alpha value is -1.50. The van der Waals surface area contributed by atoms with Crippen molar-refractivity contribution in [3.8, 4) is 0 Å². The molecule has 0 heterocycles. The summed E-state index contributed by atoms with van der Waals surface area (Å²) >= 11 is 0. The monoisotopic (exact) mass is 742 g/mol. The average Bonchev–Trinajstić information content (AvgIpc) is 3.12. The first-order valence-electron chi connectivity index (χ1n) is 18.8. The summed E-state index contributed by atoms with van der Waals surface area (Å²) in [6.07, 6.45) is 8.77. The standard InChI is InChI=1S/C36H70O15/c1-3-4-5-6-7-8-9-10-36(38)51-34-32-49-30-28-47-26-24-45-22-20-43-18-16-41-14-12-39-11-13-40-15-17-42-19-21-44-23-25-46-27-29-48-31-33-50-35(2)37/h3-34H2,1-2H3. The minimum atomic E-state index is -0.314. The molecule has 0 aromatic heterocycles. The zero-order valence-electron chi connectivity index (χ0n) is 31.8.